The molecule has 8 heteroatoms. The van der Waals surface area contributed by atoms with Gasteiger partial charge in [0.15, 0.2) is 0 Å². The zero-order chi connectivity index (χ0) is 16.3. The molecule has 0 radical (unpaired) electrons. The van der Waals surface area contributed by atoms with Crippen LogP contribution in [0.25, 0.3) is 0 Å². The molecule has 2 amide bonds. The van der Waals surface area contributed by atoms with Crippen molar-refractivity contribution in [2.24, 2.45) is 0 Å². The van der Waals surface area contributed by atoms with Crippen LogP contribution in [0.5, 0.6) is 0 Å². The SMILES string of the molecule is Cc1ccc(SCC(F)(F)F)c(NC(=O)N2CC[C@H](O)C2)c1. The van der Waals surface area contributed by atoms with Gasteiger partial charge in [-0.2, -0.15) is 13.2 Å². The van der Waals surface area contributed by atoms with Crippen LogP contribution in [-0.2, 0) is 0 Å². The summed E-state index contributed by atoms with van der Waals surface area (Å²) in [6, 6.07) is 4.51. The van der Waals surface area contributed by atoms with Gasteiger partial charge in [0, 0.05) is 18.0 Å². The Morgan fingerprint density at radius 1 is 1.50 bits per heavy atom. The second-order valence-corrected chi connectivity index (χ2v) is 6.24. The lowest BCUT2D eigenvalue weighted by Gasteiger charge is -2.18. The average molecular weight is 334 g/mol. The highest BCUT2D eigenvalue weighted by Crippen LogP contribution is 2.33. The number of nitrogens with zero attached hydrogens (tertiary/aromatic N) is 1. The van der Waals surface area contributed by atoms with Gasteiger partial charge in [0.25, 0.3) is 0 Å². The second kappa shape index (κ2) is 6.78. The molecule has 1 aromatic rings. The quantitative estimate of drug-likeness (QED) is 0.835. The van der Waals surface area contributed by atoms with E-state index < -0.39 is 24.1 Å². The molecule has 0 aliphatic carbocycles. The molecule has 1 aliphatic heterocycles. The van der Waals surface area contributed by atoms with Crippen molar-refractivity contribution in [3.8, 4) is 0 Å². The van der Waals surface area contributed by atoms with Crippen LogP contribution in [0.2, 0.25) is 0 Å². The predicted molar refractivity (Wildman–Crippen MR) is 79.2 cm³/mol. The van der Waals surface area contributed by atoms with E-state index in [-0.39, 0.29) is 6.54 Å². The van der Waals surface area contributed by atoms with E-state index in [1.54, 1.807) is 25.1 Å². The summed E-state index contributed by atoms with van der Waals surface area (Å²) < 4.78 is 37.1. The van der Waals surface area contributed by atoms with Gasteiger partial charge in [-0.05, 0) is 31.0 Å². The van der Waals surface area contributed by atoms with Gasteiger partial charge in [0.2, 0.25) is 0 Å². The van der Waals surface area contributed by atoms with Crippen molar-refractivity contribution >= 4 is 23.5 Å². The Labute approximate surface area is 130 Å². The average Bonchev–Trinajstić information content (AvgIpc) is 2.83. The van der Waals surface area contributed by atoms with Crippen LogP contribution in [0.1, 0.15) is 12.0 Å². The number of hydrogen-bond acceptors (Lipinski definition) is 3. The summed E-state index contributed by atoms with van der Waals surface area (Å²) in [7, 11) is 0. The predicted octanol–water partition coefficient (Wildman–Crippen LogP) is 3.25. The Morgan fingerprint density at radius 3 is 2.82 bits per heavy atom. The Hall–Kier alpha value is -1.41. The highest BCUT2D eigenvalue weighted by atomic mass is 32.2. The van der Waals surface area contributed by atoms with Crippen LogP contribution in [0.3, 0.4) is 0 Å². The number of halogens is 3. The minimum Gasteiger partial charge on any atom is -0.391 e. The molecule has 1 fully saturated rings. The highest BCUT2D eigenvalue weighted by molar-refractivity contribution is 7.99. The van der Waals surface area contributed by atoms with Gasteiger partial charge in [0.1, 0.15) is 0 Å². The maximum Gasteiger partial charge on any atom is 0.398 e. The third kappa shape index (κ3) is 4.81. The molecule has 2 rings (SSSR count). The number of alkyl halides is 3. The molecule has 122 valence electrons. The molecular weight excluding hydrogens is 317 g/mol. The lowest BCUT2D eigenvalue weighted by Crippen LogP contribution is -2.33. The Bertz CT molecular complexity index is 551. The van der Waals surface area contributed by atoms with E-state index in [4.69, 9.17) is 0 Å². The van der Waals surface area contributed by atoms with Gasteiger partial charge in [-0.1, -0.05) is 6.07 Å². The molecule has 1 aliphatic rings. The molecular formula is C14H17F3N2O2S. The van der Waals surface area contributed by atoms with Crippen molar-refractivity contribution < 1.29 is 23.1 Å². The van der Waals surface area contributed by atoms with E-state index >= 15 is 0 Å². The number of aliphatic hydroxyl groups is 1. The van der Waals surface area contributed by atoms with Crippen molar-refractivity contribution in [3.05, 3.63) is 23.8 Å². The molecule has 1 heterocycles. The molecule has 0 bridgehead atoms. The van der Waals surface area contributed by atoms with Crippen molar-refractivity contribution in [3.63, 3.8) is 0 Å². The number of hydrogen-bond donors (Lipinski definition) is 2. The molecule has 22 heavy (non-hydrogen) atoms. The fourth-order valence-corrected chi connectivity index (χ4v) is 2.90. The number of urea groups is 1. The highest BCUT2D eigenvalue weighted by Gasteiger charge is 2.28. The molecule has 1 atom stereocenters. The lowest BCUT2D eigenvalue weighted by atomic mass is 10.2. The van der Waals surface area contributed by atoms with Crippen LogP contribution >= 0.6 is 11.8 Å². The third-order valence-electron chi connectivity index (χ3n) is 3.22. The fraction of sp³-hybridized carbons (Fsp3) is 0.500. The molecule has 4 nitrogen and oxygen atoms in total. The van der Waals surface area contributed by atoms with Gasteiger partial charge in [0.05, 0.1) is 17.5 Å². The lowest BCUT2D eigenvalue weighted by molar-refractivity contribution is -0.105. The minimum atomic E-state index is -4.27. The van der Waals surface area contributed by atoms with Crippen LogP contribution in [0.15, 0.2) is 23.1 Å². The number of anilines is 1. The number of carbonyl (C=O) groups is 1. The van der Waals surface area contributed by atoms with E-state index in [1.165, 1.54) is 4.90 Å². The number of amides is 2. The summed E-state index contributed by atoms with van der Waals surface area (Å²) in [5.74, 6) is -1.01. The Morgan fingerprint density at radius 2 is 2.23 bits per heavy atom. The van der Waals surface area contributed by atoms with Gasteiger partial charge >= 0.3 is 12.2 Å². The largest absolute Gasteiger partial charge is 0.398 e. The zero-order valence-electron chi connectivity index (χ0n) is 12.0. The van der Waals surface area contributed by atoms with Crippen molar-refractivity contribution in [2.75, 3.05) is 24.2 Å². The van der Waals surface area contributed by atoms with Gasteiger partial charge in [-0.3, -0.25) is 0 Å². The number of rotatable bonds is 3. The number of carbonyl (C=O) groups excluding carboxylic acids is 1. The van der Waals surface area contributed by atoms with Crippen molar-refractivity contribution in [1.82, 2.24) is 4.90 Å². The first kappa shape index (κ1) is 17.0. The maximum absolute atomic E-state index is 12.4. The van der Waals surface area contributed by atoms with Gasteiger partial charge in [-0.15, -0.1) is 11.8 Å². The Kier molecular flexibility index (Phi) is 5.23. The monoisotopic (exact) mass is 334 g/mol. The van der Waals surface area contributed by atoms with Crippen LogP contribution in [0, 0.1) is 6.92 Å². The molecule has 1 saturated heterocycles. The minimum absolute atomic E-state index is 0.239. The topological polar surface area (TPSA) is 52.6 Å². The first-order chi connectivity index (χ1) is 10.2. The van der Waals surface area contributed by atoms with E-state index in [2.05, 4.69) is 5.32 Å². The molecule has 2 N–H and O–H groups in total. The van der Waals surface area contributed by atoms with Crippen LogP contribution in [0.4, 0.5) is 23.7 Å². The third-order valence-corrected chi connectivity index (χ3v) is 4.36. The first-order valence-corrected chi connectivity index (χ1v) is 7.77. The van der Waals surface area contributed by atoms with Crippen molar-refractivity contribution in [1.29, 1.82) is 0 Å². The number of β-amino-alcohol motifs (C(OH)–C–C–N with tert-alkyl or cyclic N) is 1. The zero-order valence-corrected chi connectivity index (χ0v) is 12.8. The molecule has 1 aromatic carbocycles. The first-order valence-electron chi connectivity index (χ1n) is 6.79. The van der Waals surface area contributed by atoms with Crippen LogP contribution in [-0.4, -0.2) is 47.2 Å². The van der Waals surface area contributed by atoms with Gasteiger partial charge in [-0.25, -0.2) is 4.79 Å². The van der Waals surface area contributed by atoms with E-state index in [9.17, 15) is 23.1 Å². The smallest absolute Gasteiger partial charge is 0.391 e. The number of thioether (sulfide) groups is 1. The number of nitrogens with one attached hydrogen (secondary N) is 1. The second-order valence-electron chi connectivity index (χ2n) is 5.22. The molecule has 0 unspecified atom stereocenters. The van der Waals surface area contributed by atoms with Crippen LogP contribution < -0.4 is 5.32 Å². The number of aliphatic hydroxyl groups excluding tert-OH is 1. The summed E-state index contributed by atoms with van der Waals surface area (Å²) in [5.41, 5.74) is 1.20. The standard InChI is InChI=1S/C14H17F3N2O2S/c1-9-2-3-12(22-8-14(15,16)17)11(6-9)18-13(21)19-5-4-10(20)7-19/h2-3,6,10,20H,4-5,7-8H2,1H3,(H,18,21)/t10-/m0/s1. The Balaban J connectivity index is 2.08. The van der Waals surface area contributed by atoms with E-state index in [0.717, 1.165) is 5.56 Å². The summed E-state index contributed by atoms with van der Waals surface area (Å²) >= 11 is 0.640. The van der Waals surface area contributed by atoms with E-state index in [1.807, 2.05) is 0 Å². The summed E-state index contributed by atoms with van der Waals surface area (Å²) in [5, 5.41) is 12.1. The number of aryl methyl sites for hydroxylation is 1. The molecule has 0 saturated carbocycles. The number of benzene rings is 1. The molecule has 0 aromatic heterocycles. The van der Waals surface area contributed by atoms with Crippen molar-refractivity contribution in [2.45, 2.75) is 30.5 Å². The van der Waals surface area contributed by atoms with E-state index in [0.29, 0.717) is 35.3 Å². The summed E-state index contributed by atoms with van der Waals surface area (Å²) in [6.45, 7) is 2.47. The summed E-state index contributed by atoms with van der Waals surface area (Å²) in [4.78, 5) is 13.9. The maximum atomic E-state index is 12.4. The van der Waals surface area contributed by atoms with Gasteiger partial charge < -0.3 is 15.3 Å². The summed E-state index contributed by atoms with van der Waals surface area (Å²) in [6.07, 6.45) is -4.30. The molecule has 0 spiro atoms. The number of likely N-dealkylation sites (tertiary alicyclic amines) is 1. The normalized spacial score (nSPS) is 18.6. The fourth-order valence-electron chi connectivity index (χ4n) is 2.15.